The summed E-state index contributed by atoms with van der Waals surface area (Å²) in [5.74, 6) is 1.60. The van der Waals surface area contributed by atoms with Crippen LogP contribution in [0, 0.1) is 6.92 Å². The first-order chi connectivity index (χ1) is 14.1. The molecule has 0 amide bonds. The summed E-state index contributed by atoms with van der Waals surface area (Å²) in [4.78, 5) is 0. The second-order valence-corrected chi connectivity index (χ2v) is 8.49. The number of nitrogens with zero attached hydrogens (tertiary/aromatic N) is 3. The van der Waals surface area contributed by atoms with Crippen molar-refractivity contribution in [1.29, 1.82) is 0 Å². The average Bonchev–Trinajstić information content (AvgIpc) is 3.11. The van der Waals surface area contributed by atoms with Crippen LogP contribution in [0.4, 0.5) is 0 Å². The van der Waals surface area contributed by atoms with E-state index < -0.39 is 0 Å². The summed E-state index contributed by atoms with van der Waals surface area (Å²) in [7, 11) is 0. The van der Waals surface area contributed by atoms with Gasteiger partial charge in [0.2, 0.25) is 0 Å². The minimum atomic E-state index is 0.636. The van der Waals surface area contributed by atoms with Crippen molar-refractivity contribution in [3.05, 3.63) is 105 Å². The lowest BCUT2D eigenvalue weighted by Gasteiger charge is -2.13. The van der Waals surface area contributed by atoms with E-state index in [1.807, 2.05) is 42.5 Å². The van der Waals surface area contributed by atoms with Gasteiger partial charge in [0, 0.05) is 22.2 Å². The molecule has 4 aromatic rings. The highest BCUT2D eigenvalue weighted by atomic mass is 35.5. The van der Waals surface area contributed by atoms with E-state index in [0.29, 0.717) is 22.2 Å². The van der Waals surface area contributed by atoms with Crippen molar-refractivity contribution in [1.82, 2.24) is 14.8 Å². The third-order valence-corrected chi connectivity index (χ3v) is 6.20. The van der Waals surface area contributed by atoms with Crippen LogP contribution in [0.1, 0.15) is 22.5 Å². The van der Waals surface area contributed by atoms with Crippen molar-refractivity contribution < 1.29 is 0 Å². The van der Waals surface area contributed by atoms with E-state index in [0.717, 1.165) is 22.2 Å². The van der Waals surface area contributed by atoms with E-state index >= 15 is 0 Å². The van der Waals surface area contributed by atoms with Crippen LogP contribution in [0.3, 0.4) is 0 Å². The summed E-state index contributed by atoms with van der Waals surface area (Å²) in [6, 6.07) is 24.2. The Morgan fingerprint density at radius 3 is 2.41 bits per heavy atom. The van der Waals surface area contributed by atoms with Crippen LogP contribution in [0.15, 0.2) is 78.0 Å². The lowest BCUT2D eigenvalue weighted by molar-refractivity contribution is 0.841. The highest BCUT2D eigenvalue weighted by Crippen LogP contribution is 2.30. The zero-order valence-corrected chi connectivity index (χ0v) is 18.2. The zero-order valence-electron chi connectivity index (χ0n) is 15.8. The van der Waals surface area contributed by atoms with Crippen LogP contribution >= 0.6 is 35.0 Å². The molecule has 4 rings (SSSR count). The van der Waals surface area contributed by atoms with Crippen molar-refractivity contribution in [2.45, 2.75) is 24.3 Å². The monoisotopic (exact) mass is 439 g/mol. The first-order valence-electron chi connectivity index (χ1n) is 9.23. The molecule has 0 aliphatic heterocycles. The van der Waals surface area contributed by atoms with E-state index in [-0.39, 0.29) is 0 Å². The summed E-state index contributed by atoms with van der Waals surface area (Å²) >= 11 is 14.0. The predicted molar refractivity (Wildman–Crippen MR) is 121 cm³/mol. The Hall–Kier alpha value is -2.27. The molecule has 29 heavy (non-hydrogen) atoms. The molecule has 1 heterocycles. The number of aromatic nitrogens is 3. The molecule has 0 N–H and O–H groups in total. The molecule has 0 saturated heterocycles. The fraction of sp³-hybridized carbons (Fsp3) is 0.130. The van der Waals surface area contributed by atoms with Crippen LogP contribution < -0.4 is 0 Å². The molecule has 0 radical (unpaired) electrons. The Labute approximate surface area is 184 Å². The van der Waals surface area contributed by atoms with Crippen LogP contribution in [0.5, 0.6) is 0 Å². The number of para-hydroxylation sites is 1. The van der Waals surface area contributed by atoms with Crippen molar-refractivity contribution in [3.63, 3.8) is 0 Å². The first-order valence-corrected chi connectivity index (χ1v) is 11.0. The molecule has 0 fully saturated rings. The number of aryl methyl sites for hydroxylation is 1. The topological polar surface area (TPSA) is 30.7 Å². The van der Waals surface area contributed by atoms with Gasteiger partial charge in [-0.3, -0.25) is 4.57 Å². The van der Waals surface area contributed by atoms with Crippen LogP contribution in [-0.4, -0.2) is 14.8 Å². The molecule has 146 valence electrons. The Kier molecular flexibility index (Phi) is 6.24. The van der Waals surface area contributed by atoms with Crippen molar-refractivity contribution >= 4 is 35.0 Å². The maximum Gasteiger partial charge on any atom is 0.196 e. The van der Waals surface area contributed by atoms with Crippen molar-refractivity contribution in [3.8, 4) is 5.69 Å². The highest BCUT2D eigenvalue weighted by molar-refractivity contribution is 7.98. The third kappa shape index (κ3) is 4.67. The van der Waals surface area contributed by atoms with Gasteiger partial charge >= 0.3 is 0 Å². The van der Waals surface area contributed by atoms with Gasteiger partial charge in [-0.05, 0) is 41.8 Å². The second kappa shape index (κ2) is 9.04. The van der Waals surface area contributed by atoms with Crippen LogP contribution in [-0.2, 0) is 12.2 Å². The Morgan fingerprint density at radius 2 is 1.66 bits per heavy atom. The van der Waals surface area contributed by atoms with Crippen LogP contribution in [0.25, 0.3) is 5.69 Å². The first kappa shape index (κ1) is 20.0. The maximum absolute atomic E-state index is 6.35. The third-order valence-electron chi connectivity index (χ3n) is 4.63. The molecule has 6 heteroatoms. The molecule has 3 nitrogen and oxygen atoms in total. The van der Waals surface area contributed by atoms with Gasteiger partial charge in [-0.2, -0.15) is 0 Å². The van der Waals surface area contributed by atoms with Gasteiger partial charge in [0.25, 0.3) is 0 Å². The number of halogens is 2. The fourth-order valence-corrected chi connectivity index (χ4v) is 4.65. The summed E-state index contributed by atoms with van der Waals surface area (Å²) in [6.45, 7) is 2.10. The van der Waals surface area contributed by atoms with Crippen molar-refractivity contribution in [2.75, 3.05) is 0 Å². The lowest BCUT2D eigenvalue weighted by atomic mass is 10.1. The fourth-order valence-electron chi connectivity index (χ4n) is 3.12. The molecular formula is C23H19Cl2N3S. The Bertz CT molecular complexity index is 1130. The van der Waals surface area contributed by atoms with E-state index in [4.69, 9.17) is 23.2 Å². The molecule has 1 aromatic heterocycles. The molecule has 0 spiro atoms. The molecular weight excluding hydrogens is 421 g/mol. The predicted octanol–water partition coefficient (Wildman–Crippen LogP) is 6.77. The van der Waals surface area contributed by atoms with Gasteiger partial charge < -0.3 is 0 Å². The molecule has 0 bridgehead atoms. The van der Waals surface area contributed by atoms with E-state index in [1.54, 1.807) is 17.8 Å². The summed E-state index contributed by atoms with van der Waals surface area (Å²) in [5.41, 5.74) is 4.48. The largest absolute Gasteiger partial charge is 0.273 e. The minimum absolute atomic E-state index is 0.636. The SMILES string of the molecule is Cc1ccccc1-n1c(Cc2ccccc2)nnc1SCc1ccc(Cl)cc1Cl. The zero-order chi connectivity index (χ0) is 20.2. The molecule has 0 unspecified atom stereocenters. The van der Waals surface area contributed by atoms with Gasteiger partial charge in [0.1, 0.15) is 5.82 Å². The van der Waals surface area contributed by atoms with Crippen LogP contribution in [0.2, 0.25) is 10.0 Å². The number of hydrogen-bond acceptors (Lipinski definition) is 3. The number of benzene rings is 3. The molecule has 3 aromatic carbocycles. The van der Waals surface area contributed by atoms with Gasteiger partial charge in [0.15, 0.2) is 5.16 Å². The summed E-state index contributed by atoms with van der Waals surface area (Å²) in [6.07, 6.45) is 0.713. The molecule has 0 saturated carbocycles. The lowest BCUT2D eigenvalue weighted by Crippen LogP contribution is -2.05. The Morgan fingerprint density at radius 1 is 0.897 bits per heavy atom. The van der Waals surface area contributed by atoms with E-state index in [9.17, 15) is 0 Å². The minimum Gasteiger partial charge on any atom is -0.273 e. The maximum atomic E-state index is 6.35. The van der Waals surface area contributed by atoms with E-state index in [1.165, 1.54) is 11.1 Å². The van der Waals surface area contributed by atoms with Gasteiger partial charge in [-0.1, -0.05) is 89.6 Å². The van der Waals surface area contributed by atoms with Gasteiger partial charge in [-0.25, -0.2) is 0 Å². The highest BCUT2D eigenvalue weighted by Gasteiger charge is 2.17. The molecule has 0 aliphatic carbocycles. The molecule has 0 atom stereocenters. The standard InChI is InChI=1S/C23H19Cl2N3S/c1-16-7-5-6-10-21(16)28-22(13-17-8-3-2-4-9-17)26-27-23(28)29-15-18-11-12-19(24)14-20(18)25/h2-12,14H,13,15H2,1H3. The quantitative estimate of drug-likeness (QED) is 0.310. The van der Waals surface area contributed by atoms with E-state index in [2.05, 4.69) is 46.0 Å². The number of rotatable bonds is 6. The summed E-state index contributed by atoms with van der Waals surface area (Å²) in [5, 5.41) is 11.2. The van der Waals surface area contributed by atoms with Crippen molar-refractivity contribution in [2.24, 2.45) is 0 Å². The second-order valence-electron chi connectivity index (χ2n) is 6.71. The van der Waals surface area contributed by atoms with Gasteiger partial charge in [0.05, 0.1) is 5.69 Å². The van der Waals surface area contributed by atoms with Gasteiger partial charge in [-0.15, -0.1) is 10.2 Å². The average molecular weight is 440 g/mol. The normalized spacial score (nSPS) is 11.0. The number of thioether (sulfide) groups is 1. The molecule has 0 aliphatic rings. The Balaban J connectivity index is 1.69. The smallest absolute Gasteiger partial charge is 0.196 e. The number of hydrogen-bond donors (Lipinski definition) is 0. The summed E-state index contributed by atoms with van der Waals surface area (Å²) < 4.78 is 2.15.